The van der Waals surface area contributed by atoms with E-state index < -0.39 is 17.7 Å². The molecule has 0 amide bonds. The van der Waals surface area contributed by atoms with E-state index in [1.54, 1.807) is 11.3 Å². The van der Waals surface area contributed by atoms with Crippen LogP contribution >= 0.6 is 22.9 Å². The minimum atomic E-state index is -1.18. The molecule has 5 nitrogen and oxygen atoms in total. The number of benzene rings is 1. The van der Waals surface area contributed by atoms with Crippen molar-refractivity contribution in [2.75, 3.05) is 6.61 Å². The molecule has 0 spiro atoms. The molecule has 2 aromatic heterocycles. The Bertz CT molecular complexity index is 1180. The summed E-state index contributed by atoms with van der Waals surface area (Å²) < 4.78 is 11.9. The maximum atomic E-state index is 12.4. The van der Waals surface area contributed by atoms with E-state index in [2.05, 4.69) is 0 Å². The van der Waals surface area contributed by atoms with Crippen LogP contribution in [0.4, 0.5) is 0 Å². The van der Waals surface area contributed by atoms with Gasteiger partial charge in [-0.25, -0.2) is 9.78 Å². The highest BCUT2D eigenvalue weighted by Gasteiger charge is 2.33. The van der Waals surface area contributed by atoms with E-state index in [1.165, 1.54) is 0 Å². The first-order chi connectivity index (χ1) is 14.6. The molecule has 1 atom stereocenters. The van der Waals surface area contributed by atoms with Crippen LogP contribution in [0.25, 0.3) is 21.3 Å². The number of fused-ring (bicyclic) bond motifs is 2. The molecule has 0 saturated carbocycles. The number of carboxylic acid groups (broad SMARTS) is 1. The molecule has 0 aliphatic carbocycles. The third-order valence-corrected chi connectivity index (χ3v) is 6.60. The Labute approximate surface area is 191 Å². The number of carbonyl (C=O) groups is 1. The van der Waals surface area contributed by atoms with Gasteiger partial charge in [-0.1, -0.05) is 23.7 Å². The molecule has 4 rings (SSSR count). The molecule has 3 aromatic rings. The van der Waals surface area contributed by atoms with Crippen molar-refractivity contribution in [3.05, 3.63) is 44.9 Å². The van der Waals surface area contributed by atoms with Crippen LogP contribution < -0.4 is 4.74 Å². The average Bonchev–Trinajstić information content (AvgIpc) is 3.05. The van der Waals surface area contributed by atoms with E-state index in [9.17, 15) is 9.90 Å². The van der Waals surface area contributed by atoms with Crippen LogP contribution in [0.1, 0.15) is 55.0 Å². The molecule has 164 valence electrons. The predicted molar refractivity (Wildman–Crippen MR) is 125 cm³/mol. The van der Waals surface area contributed by atoms with Crippen molar-refractivity contribution >= 4 is 39.1 Å². The van der Waals surface area contributed by atoms with Crippen LogP contribution in [-0.4, -0.2) is 28.3 Å². The predicted octanol–water partition coefficient (Wildman–Crippen LogP) is 6.50. The van der Waals surface area contributed by atoms with Gasteiger partial charge in [0.05, 0.1) is 17.2 Å². The highest BCUT2D eigenvalue weighted by atomic mass is 35.5. The number of ether oxygens (including phenoxy) is 2. The lowest BCUT2D eigenvalue weighted by atomic mass is 9.91. The van der Waals surface area contributed by atoms with E-state index in [4.69, 9.17) is 26.1 Å². The summed E-state index contributed by atoms with van der Waals surface area (Å²) in [7, 11) is 0. The highest BCUT2D eigenvalue weighted by Crippen LogP contribution is 2.47. The van der Waals surface area contributed by atoms with E-state index in [0.29, 0.717) is 28.6 Å². The van der Waals surface area contributed by atoms with Crippen molar-refractivity contribution in [3.8, 4) is 16.9 Å². The van der Waals surface area contributed by atoms with E-state index in [0.717, 1.165) is 44.6 Å². The Morgan fingerprint density at radius 1 is 1.32 bits per heavy atom. The Morgan fingerprint density at radius 3 is 2.74 bits per heavy atom. The molecule has 1 aliphatic rings. The van der Waals surface area contributed by atoms with Crippen molar-refractivity contribution < 1.29 is 19.4 Å². The number of rotatable bonds is 4. The first-order valence-electron chi connectivity index (χ1n) is 10.3. The molecular formula is C24H26ClNO4S. The monoisotopic (exact) mass is 459 g/mol. The summed E-state index contributed by atoms with van der Waals surface area (Å²) in [6.45, 7) is 10.0. The second-order valence-corrected chi connectivity index (χ2v) is 10.5. The van der Waals surface area contributed by atoms with Gasteiger partial charge in [-0.05, 0) is 59.1 Å². The van der Waals surface area contributed by atoms with Gasteiger partial charge < -0.3 is 14.6 Å². The van der Waals surface area contributed by atoms with Crippen LogP contribution in [0.5, 0.6) is 5.75 Å². The number of aromatic nitrogens is 1. The van der Waals surface area contributed by atoms with Gasteiger partial charge in [0, 0.05) is 32.6 Å². The Hall–Kier alpha value is -2.15. The third kappa shape index (κ3) is 4.16. The topological polar surface area (TPSA) is 68.7 Å². The Morgan fingerprint density at radius 2 is 2.06 bits per heavy atom. The number of nitrogens with zero attached hydrogens (tertiary/aromatic N) is 1. The van der Waals surface area contributed by atoms with Crippen LogP contribution in [0.3, 0.4) is 0 Å². The number of aliphatic carboxylic acids is 1. The fourth-order valence-electron chi connectivity index (χ4n) is 4.08. The summed E-state index contributed by atoms with van der Waals surface area (Å²) in [6.07, 6.45) is 0.687. The maximum absolute atomic E-state index is 12.4. The lowest BCUT2D eigenvalue weighted by Gasteiger charge is -2.28. The highest BCUT2D eigenvalue weighted by molar-refractivity contribution is 7.18. The zero-order valence-corrected chi connectivity index (χ0v) is 19.9. The van der Waals surface area contributed by atoms with Gasteiger partial charge in [-0.15, -0.1) is 11.3 Å². The first kappa shape index (κ1) is 22.1. The van der Waals surface area contributed by atoms with Gasteiger partial charge in [0.25, 0.3) is 0 Å². The lowest BCUT2D eigenvalue weighted by Crippen LogP contribution is -2.28. The number of pyridine rings is 1. The summed E-state index contributed by atoms with van der Waals surface area (Å²) in [5.74, 6) is -0.368. The van der Waals surface area contributed by atoms with Gasteiger partial charge in [0.1, 0.15) is 10.6 Å². The maximum Gasteiger partial charge on any atom is 0.337 e. The molecule has 0 fully saturated rings. The molecule has 0 bridgehead atoms. The van der Waals surface area contributed by atoms with Crippen LogP contribution in [-0.2, 0) is 16.0 Å². The second-order valence-electron chi connectivity index (χ2n) is 8.88. The number of hydrogen-bond donors (Lipinski definition) is 1. The van der Waals surface area contributed by atoms with Crippen LogP contribution in [0.15, 0.2) is 18.2 Å². The fraction of sp³-hybridized carbons (Fsp3) is 0.417. The third-order valence-electron chi connectivity index (χ3n) is 5.28. The normalized spacial score (nSPS) is 14.9. The largest absolute Gasteiger partial charge is 0.492 e. The smallest absolute Gasteiger partial charge is 0.337 e. The van der Waals surface area contributed by atoms with Gasteiger partial charge in [-0.3, -0.25) is 0 Å². The molecular weight excluding hydrogens is 434 g/mol. The van der Waals surface area contributed by atoms with Crippen molar-refractivity contribution in [2.45, 2.75) is 59.2 Å². The second kappa shape index (κ2) is 8.08. The SMILES string of the molecule is Cc1cc2c(-c3ccc4c(c3Cl)OCCC4)c([C@H](OC(C)(C)C)C(=O)O)c(C)nc2s1. The van der Waals surface area contributed by atoms with Gasteiger partial charge in [-0.2, -0.15) is 0 Å². The Balaban J connectivity index is 2.06. The standard InChI is InChI=1S/C24H26ClNO4S/c1-12-11-16-18(15-9-8-14-7-6-10-29-20(14)19(15)25)17(13(2)26-22(16)31-12)21(23(27)28)30-24(3,4)5/h8-9,11,21H,6-7,10H2,1-5H3,(H,27,28)/t21-/m0/s1. The first-order valence-corrected chi connectivity index (χ1v) is 11.5. The Kier molecular flexibility index (Phi) is 5.75. The summed E-state index contributed by atoms with van der Waals surface area (Å²) in [4.78, 5) is 19.0. The van der Waals surface area contributed by atoms with Gasteiger partial charge in [0.15, 0.2) is 6.10 Å². The summed E-state index contributed by atoms with van der Waals surface area (Å²) in [6, 6.07) is 6.04. The van der Waals surface area contributed by atoms with Crippen molar-refractivity contribution in [1.82, 2.24) is 4.98 Å². The van der Waals surface area contributed by atoms with Crippen LogP contribution in [0.2, 0.25) is 5.02 Å². The van der Waals surface area contributed by atoms with Gasteiger partial charge in [0.2, 0.25) is 0 Å². The molecule has 7 heteroatoms. The minimum Gasteiger partial charge on any atom is -0.492 e. The molecule has 3 heterocycles. The number of thiophene rings is 1. The molecule has 1 N–H and O–H groups in total. The zero-order chi connectivity index (χ0) is 22.5. The van der Waals surface area contributed by atoms with Crippen LogP contribution in [0, 0.1) is 13.8 Å². The molecule has 31 heavy (non-hydrogen) atoms. The molecule has 0 unspecified atom stereocenters. The van der Waals surface area contributed by atoms with Crippen molar-refractivity contribution in [2.24, 2.45) is 0 Å². The average molecular weight is 460 g/mol. The lowest BCUT2D eigenvalue weighted by molar-refractivity contribution is -0.160. The molecule has 1 aromatic carbocycles. The van der Waals surface area contributed by atoms with Crippen molar-refractivity contribution in [1.29, 1.82) is 0 Å². The number of aryl methyl sites for hydroxylation is 3. The molecule has 0 saturated heterocycles. The number of carboxylic acids is 1. The van der Waals surface area contributed by atoms with Crippen molar-refractivity contribution in [3.63, 3.8) is 0 Å². The molecule has 0 radical (unpaired) electrons. The minimum absolute atomic E-state index is 0.508. The molecule has 1 aliphatic heterocycles. The number of hydrogen-bond acceptors (Lipinski definition) is 5. The summed E-state index contributed by atoms with van der Waals surface area (Å²) in [5.41, 5.74) is 3.07. The van der Waals surface area contributed by atoms with E-state index in [-0.39, 0.29) is 0 Å². The number of halogens is 1. The quantitative estimate of drug-likeness (QED) is 0.482. The zero-order valence-electron chi connectivity index (χ0n) is 18.3. The van der Waals surface area contributed by atoms with E-state index in [1.807, 2.05) is 52.8 Å². The fourth-order valence-corrected chi connectivity index (χ4v) is 5.35. The summed E-state index contributed by atoms with van der Waals surface area (Å²) in [5, 5.41) is 11.5. The summed E-state index contributed by atoms with van der Waals surface area (Å²) >= 11 is 8.46. The van der Waals surface area contributed by atoms with E-state index >= 15 is 0 Å². The van der Waals surface area contributed by atoms with Gasteiger partial charge >= 0.3 is 5.97 Å².